The van der Waals surface area contributed by atoms with Gasteiger partial charge in [0.15, 0.2) is 5.82 Å². The molecule has 0 radical (unpaired) electrons. The van der Waals surface area contributed by atoms with E-state index < -0.39 is 0 Å². The van der Waals surface area contributed by atoms with Crippen molar-refractivity contribution in [1.82, 2.24) is 19.8 Å². The Morgan fingerprint density at radius 2 is 1.79 bits per heavy atom. The Morgan fingerprint density at radius 3 is 2.45 bits per heavy atom. The van der Waals surface area contributed by atoms with Crippen LogP contribution in [-0.2, 0) is 6.54 Å². The number of piperazine rings is 1. The maximum atomic E-state index is 9.55. The summed E-state index contributed by atoms with van der Waals surface area (Å²) in [5.41, 5.74) is 2.13. The van der Waals surface area contributed by atoms with Gasteiger partial charge in [-0.05, 0) is 43.5 Å². The lowest BCUT2D eigenvalue weighted by Crippen LogP contribution is -2.56. The molecule has 1 aliphatic carbocycles. The van der Waals surface area contributed by atoms with E-state index in [0.717, 1.165) is 61.3 Å². The van der Waals surface area contributed by atoms with E-state index in [2.05, 4.69) is 19.8 Å². The summed E-state index contributed by atoms with van der Waals surface area (Å²) in [5.74, 6) is 1.57. The van der Waals surface area contributed by atoms with E-state index in [9.17, 15) is 5.11 Å². The van der Waals surface area contributed by atoms with Gasteiger partial charge in [-0.3, -0.25) is 9.80 Å². The van der Waals surface area contributed by atoms with Crippen molar-refractivity contribution in [2.24, 2.45) is 0 Å². The van der Waals surface area contributed by atoms with E-state index in [1.54, 1.807) is 7.11 Å². The number of benzene rings is 1. The Kier molecular flexibility index (Phi) is 6.74. The number of hydrogen-bond donors (Lipinski definition) is 1. The lowest BCUT2D eigenvalue weighted by Gasteiger charge is -2.44. The first-order chi connectivity index (χ1) is 14.3. The van der Waals surface area contributed by atoms with Gasteiger partial charge in [-0.2, -0.15) is 0 Å². The van der Waals surface area contributed by atoms with Crippen LogP contribution in [-0.4, -0.2) is 70.3 Å². The quantitative estimate of drug-likeness (QED) is 0.776. The topological polar surface area (TPSA) is 61.7 Å². The molecule has 4 rings (SSSR count). The first kappa shape index (κ1) is 20.3. The van der Waals surface area contributed by atoms with Crippen molar-refractivity contribution in [1.29, 1.82) is 0 Å². The van der Waals surface area contributed by atoms with Crippen LogP contribution < -0.4 is 4.74 Å². The minimum Gasteiger partial charge on any atom is -0.497 e. The smallest absolute Gasteiger partial charge is 0.159 e. The van der Waals surface area contributed by atoms with Crippen LogP contribution in [0.3, 0.4) is 0 Å². The zero-order valence-corrected chi connectivity index (χ0v) is 17.3. The predicted octanol–water partition coefficient (Wildman–Crippen LogP) is 2.96. The molecule has 1 aliphatic heterocycles. The third-order valence-electron chi connectivity index (χ3n) is 6.33. The van der Waals surface area contributed by atoms with E-state index in [1.807, 2.05) is 36.7 Å². The molecule has 1 saturated heterocycles. The van der Waals surface area contributed by atoms with Crippen LogP contribution in [0.2, 0.25) is 0 Å². The third kappa shape index (κ3) is 4.94. The molecular formula is C23H32N4O2. The van der Waals surface area contributed by atoms with Crippen molar-refractivity contribution in [3.8, 4) is 17.1 Å². The highest BCUT2D eigenvalue weighted by Gasteiger charge is 2.32. The summed E-state index contributed by atoms with van der Waals surface area (Å²) in [7, 11) is 1.67. The standard InChI is InChI=1S/C23H32N4O2/c1-29-22-8-6-19(7-9-22)23-24-14-18(15-25-23)16-26-11-12-27(20-4-2-3-5-20)21(17-26)10-13-28/h6-9,14-15,20-21,28H,2-5,10-13,16-17H2,1H3. The Labute approximate surface area is 173 Å². The Morgan fingerprint density at radius 1 is 1.07 bits per heavy atom. The maximum Gasteiger partial charge on any atom is 0.159 e. The number of nitrogens with zero attached hydrogens (tertiary/aromatic N) is 4. The van der Waals surface area contributed by atoms with Gasteiger partial charge in [-0.1, -0.05) is 12.8 Å². The van der Waals surface area contributed by atoms with Gasteiger partial charge < -0.3 is 9.84 Å². The van der Waals surface area contributed by atoms with Crippen molar-refractivity contribution in [3.63, 3.8) is 0 Å². The Bertz CT molecular complexity index is 759. The minimum absolute atomic E-state index is 0.265. The van der Waals surface area contributed by atoms with Crippen molar-refractivity contribution in [2.75, 3.05) is 33.4 Å². The van der Waals surface area contributed by atoms with Crippen molar-refractivity contribution >= 4 is 0 Å². The van der Waals surface area contributed by atoms with Gasteiger partial charge in [-0.25, -0.2) is 9.97 Å². The molecule has 1 aromatic carbocycles. The van der Waals surface area contributed by atoms with Gasteiger partial charge in [0, 0.05) is 68.4 Å². The highest BCUT2D eigenvalue weighted by atomic mass is 16.5. The molecule has 2 aliphatic rings. The van der Waals surface area contributed by atoms with Gasteiger partial charge >= 0.3 is 0 Å². The summed E-state index contributed by atoms with van der Waals surface area (Å²) in [4.78, 5) is 14.3. The van der Waals surface area contributed by atoms with Gasteiger partial charge in [0.05, 0.1) is 7.11 Å². The summed E-state index contributed by atoms with van der Waals surface area (Å²) in [6.45, 7) is 4.31. The zero-order valence-electron chi connectivity index (χ0n) is 17.3. The van der Waals surface area contributed by atoms with Crippen molar-refractivity contribution in [2.45, 2.75) is 50.7 Å². The predicted molar refractivity (Wildman–Crippen MR) is 114 cm³/mol. The zero-order chi connectivity index (χ0) is 20.1. The molecule has 1 saturated carbocycles. The number of aliphatic hydroxyl groups excluding tert-OH is 1. The van der Waals surface area contributed by atoms with Crippen molar-refractivity contribution < 1.29 is 9.84 Å². The van der Waals surface area contributed by atoms with E-state index in [1.165, 1.54) is 25.7 Å². The lowest BCUT2D eigenvalue weighted by atomic mass is 10.0. The van der Waals surface area contributed by atoms with Gasteiger partial charge in [0.2, 0.25) is 0 Å². The number of rotatable bonds is 7. The largest absolute Gasteiger partial charge is 0.497 e. The summed E-state index contributed by atoms with van der Waals surface area (Å²) in [6, 6.07) is 9.00. The number of methoxy groups -OCH3 is 1. The second-order valence-corrected chi connectivity index (χ2v) is 8.22. The van der Waals surface area contributed by atoms with Crippen LogP contribution in [0.4, 0.5) is 0 Å². The van der Waals surface area contributed by atoms with Crippen LogP contribution in [0.25, 0.3) is 11.4 Å². The lowest BCUT2D eigenvalue weighted by molar-refractivity contribution is 0.0266. The van der Waals surface area contributed by atoms with Crippen LogP contribution >= 0.6 is 0 Å². The van der Waals surface area contributed by atoms with Gasteiger partial charge in [0.1, 0.15) is 5.75 Å². The van der Waals surface area contributed by atoms with E-state index in [0.29, 0.717) is 6.04 Å². The number of ether oxygens (including phenoxy) is 1. The summed E-state index contributed by atoms with van der Waals surface area (Å²) < 4.78 is 5.21. The van der Waals surface area contributed by atoms with Crippen LogP contribution in [0.5, 0.6) is 5.75 Å². The van der Waals surface area contributed by atoms with Crippen molar-refractivity contribution in [3.05, 3.63) is 42.2 Å². The van der Waals surface area contributed by atoms with Gasteiger partial charge in [0.25, 0.3) is 0 Å². The fourth-order valence-corrected chi connectivity index (χ4v) is 4.78. The third-order valence-corrected chi connectivity index (χ3v) is 6.33. The van der Waals surface area contributed by atoms with Crippen LogP contribution in [0.1, 0.15) is 37.7 Å². The normalized spacial score (nSPS) is 21.5. The molecule has 6 nitrogen and oxygen atoms in total. The number of aromatic nitrogens is 2. The fourth-order valence-electron chi connectivity index (χ4n) is 4.78. The SMILES string of the molecule is COc1ccc(-c2ncc(CN3CCN(C4CCCC4)C(CCO)C3)cn2)cc1. The molecular weight excluding hydrogens is 364 g/mol. The van der Waals surface area contributed by atoms with Crippen LogP contribution in [0, 0.1) is 0 Å². The Hall–Kier alpha value is -2.02. The van der Waals surface area contributed by atoms with E-state index >= 15 is 0 Å². The summed E-state index contributed by atoms with van der Waals surface area (Å²) in [5, 5.41) is 9.55. The minimum atomic E-state index is 0.265. The van der Waals surface area contributed by atoms with Crippen LogP contribution in [0.15, 0.2) is 36.7 Å². The maximum absolute atomic E-state index is 9.55. The summed E-state index contributed by atoms with van der Waals surface area (Å²) in [6.07, 6.45) is 10.1. The molecule has 0 bridgehead atoms. The van der Waals surface area contributed by atoms with E-state index in [4.69, 9.17) is 4.74 Å². The number of aliphatic hydroxyl groups is 1. The molecule has 0 spiro atoms. The second kappa shape index (κ2) is 9.65. The fraction of sp³-hybridized carbons (Fsp3) is 0.565. The molecule has 1 aromatic heterocycles. The molecule has 1 unspecified atom stereocenters. The molecule has 6 heteroatoms. The second-order valence-electron chi connectivity index (χ2n) is 8.22. The molecule has 1 atom stereocenters. The number of hydrogen-bond acceptors (Lipinski definition) is 6. The first-order valence-electron chi connectivity index (χ1n) is 10.8. The molecule has 156 valence electrons. The molecule has 29 heavy (non-hydrogen) atoms. The van der Waals surface area contributed by atoms with E-state index in [-0.39, 0.29) is 6.61 Å². The molecule has 2 fully saturated rings. The first-order valence-corrected chi connectivity index (χ1v) is 10.8. The van der Waals surface area contributed by atoms with Gasteiger partial charge in [-0.15, -0.1) is 0 Å². The molecule has 1 N–H and O–H groups in total. The Balaban J connectivity index is 1.37. The highest BCUT2D eigenvalue weighted by molar-refractivity contribution is 5.55. The molecule has 2 aromatic rings. The molecule has 2 heterocycles. The average Bonchev–Trinajstić information content (AvgIpc) is 3.30. The molecule has 0 amide bonds. The highest BCUT2D eigenvalue weighted by Crippen LogP contribution is 2.28. The average molecular weight is 397 g/mol. The summed E-state index contributed by atoms with van der Waals surface area (Å²) >= 11 is 0. The monoisotopic (exact) mass is 396 g/mol.